The number of aryl methyl sites for hydroxylation is 2. The molecule has 0 unspecified atom stereocenters. The summed E-state index contributed by atoms with van der Waals surface area (Å²) in [4.78, 5) is 27.3. The van der Waals surface area contributed by atoms with Crippen LogP contribution >= 0.6 is 22.9 Å². The summed E-state index contributed by atoms with van der Waals surface area (Å²) in [6.07, 6.45) is 5.00. The molecule has 1 aliphatic heterocycles. The molecule has 0 spiro atoms. The monoisotopic (exact) mass is 632 g/mol. The number of carbonyl (C=O) groups is 1. The molecule has 9 nitrogen and oxygen atoms in total. The third kappa shape index (κ3) is 7.15. The normalized spacial score (nSPS) is 13.5. The van der Waals surface area contributed by atoms with Crippen molar-refractivity contribution in [2.24, 2.45) is 7.05 Å². The fourth-order valence-electron chi connectivity index (χ4n) is 5.03. The molecular formula is C33H37ClN6O3S. The second kappa shape index (κ2) is 13.1. The SMILES string of the molecule is CC(C)(C)O.CCOC(=O)Cc1c(C)cc2nc(-c3cnc4c(n3)c(C3=CCNCC3)nn4C)sc2c1-c1ccc(Cl)cc1. The van der Waals surface area contributed by atoms with Gasteiger partial charge in [0.15, 0.2) is 5.65 Å². The van der Waals surface area contributed by atoms with Gasteiger partial charge in [-0.3, -0.25) is 4.79 Å². The van der Waals surface area contributed by atoms with Crippen molar-refractivity contribution in [3.05, 3.63) is 64.4 Å². The summed E-state index contributed by atoms with van der Waals surface area (Å²) in [7, 11) is 1.89. The molecule has 5 aromatic rings. The lowest BCUT2D eigenvalue weighted by Crippen LogP contribution is -2.20. The Morgan fingerprint density at radius 1 is 1.20 bits per heavy atom. The Balaban J connectivity index is 0.000000712. The quantitative estimate of drug-likeness (QED) is 0.203. The van der Waals surface area contributed by atoms with Crippen LogP contribution in [0.2, 0.25) is 5.02 Å². The van der Waals surface area contributed by atoms with E-state index in [2.05, 4.69) is 11.4 Å². The van der Waals surface area contributed by atoms with Gasteiger partial charge in [0.2, 0.25) is 0 Å². The molecule has 3 aromatic heterocycles. The van der Waals surface area contributed by atoms with Crippen LogP contribution in [0.1, 0.15) is 50.9 Å². The zero-order valence-corrected chi connectivity index (χ0v) is 27.4. The molecule has 11 heteroatoms. The molecular weight excluding hydrogens is 596 g/mol. The highest BCUT2D eigenvalue weighted by Crippen LogP contribution is 2.41. The second-order valence-electron chi connectivity index (χ2n) is 11.7. The van der Waals surface area contributed by atoms with Gasteiger partial charge in [-0.1, -0.05) is 29.8 Å². The Hall–Kier alpha value is -3.70. The molecule has 0 saturated heterocycles. The van der Waals surface area contributed by atoms with Gasteiger partial charge < -0.3 is 15.2 Å². The van der Waals surface area contributed by atoms with Crippen LogP contribution in [0.5, 0.6) is 0 Å². The molecule has 44 heavy (non-hydrogen) atoms. The molecule has 0 aliphatic carbocycles. The summed E-state index contributed by atoms with van der Waals surface area (Å²) < 4.78 is 8.06. The van der Waals surface area contributed by atoms with Crippen LogP contribution in [0.3, 0.4) is 0 Å². The molecule has 2 N–H and O–H groups in total. The first-order valence-corrected chi connectivity index (χ1v) is 15.8. The molecule has 2 aromatic carbocycles. The van der Waals surface area contributed by atoms with Gasteiger partial charge in [-0.15, -0.1) is 11.3 Å². The number of thiazole rings is 1. The van der Waals surface area contributed by atoms with Crippen molar-refractivity contribution in [1.29, 1.82) is 0 Å². The predicted octanol–water partition coefficient (Wildman–Crippen LogP) is 6.53. The van der Waals surface area contributed by atoms with Crippen molar-refractivity contribution in [3.63, 3.8) is 0 Å². The maximum Gasteiger partial charge on any atom is 0.310 e. The number of nitrogens with zero attached hydrogens (tertiary/aromatic N) is 5. The number of hydrogen-bond acceptors (Lipinski definition) is 9. The van der Waals surface area contributed by atoms with E-state index < -0.39 is 5.60 Å². The van der Waals surface area contributed by atoms with Crippen molar-refractivity contribution >= 4 is 55.9 Å². The first kappa shape index (κ1) is 31.7. The Bertz CT molecular complexity index is 1850. The molecule has 0 amide bonds. The van der Waals surface area contributed by atoms with Gasteiger partial charge in [0.25, 0.3) is 0 Å². The topological polar surface area (TPSA) is 115 Å². The van der Waals surface area contributed by atoms with E-state index in [1.54, 1.807) is 43.0 Å². The zero-order chi connectivity index (χ0) is 31.6. The van der Waals surface area contributed by atoms with Crippen LogP contribution in [0, 0.1) is 6.92 Å². The van der Waals surface area contributed by atoms with E-state index in [4.69, 9.17) is 41.5 Å². The molecule has 0 fully saturated rings. The number of nitrogens with one attached hydrogen (secondary N) is 1. The van der Waals surface area contributed by atoms with E-state index in [0.29, 0.717) is 17.3 Å². The van der Waals surface area contributed by atoms with Crippen molar-refractivity contribution in [2.45, 2.75) is 53.1 Å². The number of aliphatic hydroxyl groups is 1. The summed E-state index contributed by atoms with van der Waals surface area (Å²) in [6.45, 7) is 11.1. The molecule has 230 valence electrons. The van der Waals surface area contributed by atoms with Gasteiger partial charge >= 0.3 is 5.97 Å². The number of fused-ring (bicyclic) bond motifs is 2. The van der Waals surface area contributed by atoms with Crippen molar-refractivity contribution in [1.82, 2.24) is 30.0 Å². The van der Waals surface area contributed by atoms with Gasteiger partial charge in [-0.2, -0.15) is 5.10 Å². The number of carbonyl (C=O) groups excluding carboxylic acids is 1. The van der Waals surface area contributed by atoms with Crippen LogP contribution in [0.4, 0.5) is 0 Å². The molecule has 0 radical (unpaired) electrons. The van der Waals surface area contributed by atoms with E-state index >= 15 is 0 Å². The second-order valence-corrected chi connectivity index (χ2v) is 13.1. The lowest BCUT2D eigenvalue weighted by atomic mass is 9.93. The number of esters is 1. The van der Waals surface area contributed by atoms with Crippen LogP contribution < -0.4 is 5.32 Å². The van der Waals surface area contributed by atoms with Crippen LogP contribution in [-0.4, -0.2) is 61.1 Å². The lowest BCUT2D eigenvalue weighted by Gasteiger charge is -2.14. The molecule has 6 rings (SSSR count). The molecule has 0 bridgehead atoms. The first-order chi connectivity index (χ1) is 20.9. The van der Waals surface area contributed by atoms with E-state index in [9.17, 15) is 4.79 Å². The van der Waals surface area contributed by atoms with Gasteiger partial charge in [0.05, 0.1) is 35.0 Å². The Labute approximate surface area is 266 Å². The molecule has 0 saturated carbocycles. The average Bonchev–Trinajstić information content (AvgIpc) is 3.54. The maximum absolute atomic E-state index is 12.6. The fraction of sp³-hybridized carbons (Fsp3) is 0.364. The standard InChI is InChI=1S/C29H27ClN6O2S.C4H10O/c1-4-38-23(37)14-20-16(2)13-21-27(24(20)17-5-7-19(30)8-6-17)39-29(34-21)22-15-32-28-26(33-22)25(35-36(28)3)18-9-11-31-12-10-18;1-4(2,3)5/h5-9,13,15,31H,4,10-12,14H2,1-3H3;5H,1-3H3. The highest BCUT2D eigenvalue weighted by Gasteiger charge is 2.22. The summed E-state index contributed by atoms with van der Waals surface area (Å²) >= 11 is 7.75. The number of ether oxygens (including phenoxy) is 1. The predicted molar refractivity (Wildman–Crippen MR) is 178 cm³/mol. The van der Waals surface area contributed by atoms with Gasteiger partial charge in [0, 0.05) is 24.2 Å². The van der Waals surface area contributed by atoms with E-state index in [0.717, 1.165) is 73.8 Å². The Morgan fingerprint density at radius 2 is 1.93 bits per heavy atom. The van der Waals surface area contributed by atoms with Crippen LogP contribution in [0.15, 0.2) is 42.6 Å². The van der Waals surface area contributed by atoms with E-state index in [-0.39, 0.29) is 12.4 Å². The largest absolute Gasteiger partial charge is 0.466 e. The smallest absolute Gasteiger partial charge is 0.310 e. The minimum atomic E-state index is -0.500. The van der Waals surface area contributed by atoms with Gasteiger partial charge in [-0.05, 0) is 88.0 Å². The summed E-state index contributed by atoms with van der Waals surface area (Å²) in [5.74, 6) is -0.257. The van der Waals surface area contributed by atoms with E-state index in [1.165, 1.54) is 5.57 Å². The molecule has 1 aliphatic rings. The van der Waals surface area contributed by atoms with Gasteiger partial charge in [0.1, 0.15) is 21.9 Å². The maximum atomic E-state index is 12.6. The summed E-state index contributed by atoms with van der Waals surface area (Å²) in [5.41, 5.74) is 8.45. The van der Waals surface area contributed by atoms with Gasteiger partial charge in [-0.25, -0.2) is 19.6 Å². The minimum absolute atomic E-state index is 0.176. The first-order valence-electron chi connectivity index (χ1n) is 14.6. The molecule has 0 atom stereocenters. The molecule has 4 heterocycles. The van der Waals surface area contributed by atoms with Crippen LogP contribution in [-0.2, 0) is 23.0 Å². The Kier molecular flexibility index (Phi) is 9.45. The van der Waals surface area contributed by atoms with Crippen molar-refractivity contribution in [3.8, 4) is 21.8 Å². The summed E-state index contributed by atoms with van der Waals surface area (Å²) in [5, 5.41) is 18.0. The Morgan fingerprint density at radius 3 is 2.59 bits per heavy atom. The highest BCUT2D eigenvalue weighted by atomic mass is 35.5. The number of hydrogen-bond donors (Lipinski definition) is 2. The number of benzene rings is 2. The van der Waals surface area contributed by atoms with Crippen molar-refractivity contribution in [2.75, 3.05) is 19.7 Å². The summed E-state index contributed by atoms with van der Waals surface area (Å²) in [6, 6.07) is 9.71. The fourth-order valence-corrected chi connectivity index (χ4v) is 6.25. The highest BCUT2D eigenvalue weighted by molar-refractivity contribution is 7.22. The number of aromatic nitrogens is 5. The average molecular weight is 633 g/mol. The van der Waals surface area contributed by atoms with Crippen molar-refractivity contribution < 1.29 is 14.6 Å². The number of halogens is 1. The number of rotatable bonds is 6. The lowest BCUT2D eigenvalue weighted by molar-refractivity contribution is -0.142. The minimum Gasteiger partial charge on any atom is -0.466 e. The van der Waals surface area contributed by atoms with Crippen LogP contribution in [0.25, 0.3) is 48.8 Å². The van der Waals surface area contributed by atoms with E-state index in [1.807, 2.05) is 51.2 Å². The third-order valence-electron chi connectivity index (χ3n) is 6.89. The third-order valence-corrected chi connectivity index (χ3v) is 8.26. The zero-order valence-electron chi connectivity index (χ0n) is 25.9.